The summed E-state index contributed by atoms with van der Waals surface area (Å²) in [6.07, 6.45) is 1.49. The minimum Gasteiger partial charge on any atom is -0.493 e. The third-order valence-corrected chi connectivity index (χ3v) is 6.01. The Morgan fingerprint density at radius 3 is 2.53 bits per heavy atom. The summed E-state index contributed by atoms with van der Waals surface area (Å²) in [4.78, 5) is 25.6. The highest BCUT2D eigenvalue weighted by molar-refractivity contribution is 6.30. The van der Waals surface area contributed by atoms with Crippen LogP contribution in [0.1, 0.15) is 35.3 Å². The minimum atomic E-state index is -0.803. The molecular formula is C28H28ClN3O6. The molecule has 0 aliphatic carbocycles. The normalized spacial score (nSPS) is 12.9. The zero-order valence-corrected chi connectivity index (χ0v) is 22.0. The first kappa shape index (κ1) is 26.8. The molecule has 3 aromatic rings. The van der Waals surface area contributed by atoms with Gasteiger partial charge in [-0.05, 0) is 65.6 Å². The highest BCUT2D eigenvalue weighted by atomic mass is 35.5. The second-order valence-corrected chi connectivity index (χ2v) is 9.26. The summed E-state index contributed by atoms with van der Waals surface area (Å²) < 4.78 is 21.9. The van der Waals surface area contributed by atoms with Crippen molar-refractivity contribution in [2.75, 3.05) is 13.9 Å². The van der Waals surface area contributed by atoms with E-state index in [1.807, 2.05) is 26.0 Å². The van der Waals surface area contributed by atoms with E-state index >= 15 is 0 Å². The van der Waals surface area contributed by atoms with Gasteiger partial charge in [-0.2, -0.15) is 5.10 Å². The van der Waals surface area contributed by atoms with Gasteiger partial charge in [0.15, 0.2) is 23.0 Å². The molecule has 0 bridgehead atoms. The van der Waals surface area contributed by atoms with Crippen LogP contribution in [0.2, 0.25) is 5.02 Å². The molecule has 1 aliphatic rings. The number of benzene rings is 3. The molecule has 198 valence electrons. The summed E-state index contributed by atoms with van der Waals surface area (Å²) in [6.45, 7) is 4.13. The molecule has 0 saturated carbocycles. The second-order valence-electron chi connectivity index (χ2n) is 8.82. The standard InChI is InChI=1S/C28H28ClN3O6/c1-17(2)26(31-27(33)20-7-11-23-25(13-20)38-16-37-23)28(34)32-30-14-19-6-10-22(24(12-19)35-3)36-15-18-4-8-21(29)9-5-18/h4-14,17,26H,15-16H2,1-3H3,(H,31,33)(H,32,34). The van der Waals surface area contributed by atoms with E-state index in [-0.39, 0.29) is 12.7 Å². The van der Waals surface area contributed by atoms with Gasteiger partial charge in [-0.1, -0.05) is 37.6 Å². The molecule has 0 fully saturated rings. The summed E-state index contributed by atoms with van der Waals surface area (Å²) >= 11 is 5.93. The van der Waals surface area contributed by atoms with E-state index in [2.05, 4.69) is 15.8 Å². The number of rotatable bonds is 10. The van der Waals surface area contributed by atoms with Gasteiger partial charge in [0.2, 0.25) is 6.79 Å². The second kappa shape index (κ2) is 12.3. The number of carbonyl (C=O) groups is 2. The summed E-state index contributed by atoms with van der Waals surface area (Å²) in [5.74, 6) is 1.12. The molecular weight excluding hydrogens is 510 g/mol. The van der Waals surface area contributed by atoms with E-state index in [0.29, 0.717) is 45.8 Å². The van der Waals surface area contributed by atoms with Crippen molar-refractivity contribution >= 4 is 29.6 Å². The largest absolute Gasteiger partial charge is 0.493 e. The Hall–Kier alpha value is -4.24. The van der Waals surface area contributed by atoms with Gasteiger partial charge in [0.25, 0.3) is 11.8 Å². The number of halogens is 1. The van der Waals surface area contributed by atoms with Crippen molar-refractivity contribution in [3.8, 4) is 23.0 Å². The maximum absolute atomic E-state index is 12.8. The number of hydrazone groups is 1. The Bertz CT molecular complexity index is 1330. The fraction of sp³-hybridized carbons (Fsp3) is 0.250. The molecule has 0 saturated heterocycles. The number of hydrogen-bond donors (Lipinski definition) is 2. The molecule has 38 heavy (non-hydrogen) atoms. The van der Waals surface area contributed by atoms with Crippen molar-refractivity contribution < 1.29 is 28.5 Å². The quantitative estimate of drug-likeness (QED) is 0.290. The number of nitrogens with zero attached hydrogens (tertiary/aromatic N) is 1. The zero-order chi connectivity index (χ0) is 27.1. The summed E-state index contributed by atoms with van der Waals surface area (Å²) in [6, 6.07) is 16.7. The topological polar surface area (TPSA) is 107 Å². The molecule has 9 nitrogen and oxygen atoms in total. The third kappa shape index (κ3) is 6.74. The molecule has 2 amide bonds. The van der Waals surface area contributed by atoms with Gasteiger partial charge in [0.05, 0.1) is 13.3 Å². The van der Waals surface area contributed by atoms with Crippen LogP contribution in [0.3, 0.4) is 0 Å². The summed E-state index contributed by atoms with van der Waals surface area (Å²) in [5.41, 5.74) is 4.52. The van der Waals surface area contributed by atoms with Gasteiger partial charge in [0, 0.05) is 10.6 Å². The minimum absolute atomic E-state index is 0.112. The highest BCUT2D eigenvalue weighted by Gasteiger charge is 2.25. The fourth-order valence-electron chi connectivity index (χ4n) is 3.66. The number of hydrogen-bond acceptors (Lipinski definition) is 7. The van der Waals surface area contributed by atoms with Crippen LogP contribution in [0.25, 0.3) is 0 Å². The Morgan fingerprint density at radius 1 is 1.03 bits per heavy atom. The molecule has 1 heterocycles. The lowest BCUT2D eigenvalue weighted by Crippen LogP contribution is -2.48. The van der Waals surface area contributed by atoms with Crippen molar-refractivity contribution in [1.82, 2.24) is 10.7 Å². The van der Waals surface area contributed by atoms with E-state index < -0.39 is 17.9 Å². The van der Waals surface area contributed by atoms with Gasteiger partial charge >= 0.3 is 0 Å². The first-order valence-corrected chi connectivity index (χ1v) is 12.3. The van der Waals surface area contributed by atoms with E-state index in [9.17, 15) is 9.59 Å². The van der Waals surface area contributed by atoms with Crippen molar-refractivity contribution in [2.24, 2.45) is 11.0 Å². The van der Waals surface area contributed by atoms with Gasteiger partial charge < -0.3 is 24.3 Å². The summed E-state index contributed by atoms with van der Waals surface area (Å²) in [7, 11) is 1.54. The van der Waals surface area contributed by atoms with Crippen LogP contribution in [0.5, 0.6) is 23.0 Å². The number of amides is 2. The number of ether oxygens (including phenoxy) is 4. The lowest BCUT2D eigenvalue weighted by molar-refractivity contribution is -0.123. The van der Waals surface area contributed by atoms with Crippen molar-refractivity contribution in [3.05, 3.63) is 82.4 Å². The average molecular weight is 538 g/mol. The Kier molecular flexibility index (Phi) is 8.70. The molecule has 3 aromatic carbocycles. The van der Waals surface area contributed by atoms with Gasteiger partial charge in [-0.25, -0.2) is 5.43 Å². The van der Waals surface area contributed by atoms with E-state index in [4.69, 9.17) is 30.5 Å². The van der Waals surface area contributed by atoms with Crippen LogP contribution >= 0.6 is 11.6 Å². The summed E-state index contributed by atoms with van der Waals surface area (Å²) in [5, 5.41) is 7.48. The van der Waals surface area contributed by atoms with Crippen molar-refractivity contribution in [1.29, 1.82) is 0 Å². The highest BCUT2D eigenvalue weighted by Crippen LogP contribution is 2.32. The lowest BCUT2D eigenvalue weighted by atomic mass is 10.0. The van der Waals surface area contributed by atoms with Crippen molar-refractivity contribution in [3.63, 3.8) is 0 Å². The van der Waals surface area contributed by atoms with Gasteiger partial charge in [-0.15, -0.1) is 0 Å². The molecule has 1 aliphatic heterocycles. The van der Waals surface area contributed by atoms with Gasteiger partial charge in [-0.3, -0.25) is 9.59 Å². The van der Waals surface area contributed by atoms with Crippen molar-refractivity contribution in [2.45, 2.75) is 26.5 Å². The number of methoxy groups -OCH3 is 1. The van der Waals surface area contributed by atoms with Crippen LogP contribution in [-0.4, -0.2) is 38.0 Å². The van der Waals surface area contributed by atoms with Crippen LogP contribution in [-0.2, 0) is 11.4 Å². The predicted molar refractivity (Wildman–Crippen MR) is 143 cm³/mol. The Balaban J connectivity index is 1.35. The van der Waals surface area contributed by atoms with E-state index in [0.717, 1.165) is 5.56 Å². The van der Waals surface area contributed by atoms with Crippen LogP contribution in [0, 0.1) is 5.92 Å². The molecule has 0 radical (unpaired) electrons. The first-order valence-electron chi connectivity index (χ1n) is 11.9. The monoisotopic (exact) mass is 537 g/mol. The molecule has 1 unspecified atom stereocenters. The maximum Gasteiger partial charge on any atom is 0.262 e. The average Bonchev–Trinajstić information content (AvgIpc) is 3.39. The fourth-order valence-corrected chi connectivity index (χ4v) is 3.79. The first-order chi connectivity index (χ1) is 18.3. The SMILES string of the molecule is COc1cc(C=NNC(=O)C(NC(=O)c2ccc3c(c2)OCO3)C(C)C)ccc1OCc1ccc(Cl)cc1. The number of nitrogens with one attached hydrogen (secondary N) is 2. The predicted octanol–water partition coefficient (Wildman–Crippen LogP) is 4.56. The smallest absolute Gasteiger partial charge is 0.262 e. The van der Waals surface area contributed by atoms with Crippen LogP contribution in [0.15, 0.2) is 65.8 Å². The number of fused-ring (bicyclic) bond motifs is 1. The molecule has 4 rings (SSSR count). The number of carbonyl (C=O) groups excluding carboxylic acids is 2. The van der Waals surface area contributed by atoms with Crippen LogP contribution in [0.4, 0.5) is 0 Å². The lowest BCUT2D eigenvalue weighted by Gasteiger charge is -2.20. The zero-order valence-electron chi connectivity index (χ0n) is 21.2. The third-order valence-electron chi connectivity index (χ3n) is 5.75. The molecule has 0 aromatic heterocycles. The van der Waals surface area contributed by atoms with E-state index in [1.165, 1.54) is 6.21 Å². The Morgan fingerprint density at radius 2 is 1.79 bits per heavy atom. The Labute approximate surface area is 225 Å². The van der Waals surface area contributed by atoms with E-state index in [1.54, 1.807) is 55.6 Å². The molecule has 2 N–H and O–H groups in total. The molecule has 10 heteroatoms. The van der Waals surface area contributed by atoms with Crippen LogP contribution < -0.4 is 29.7 Å². The molecule has 0 spiro atoms. The van der Waals surface area contributed by atoms with Gasteiger partial charge in [0.1, 0.15) is 12.6 Å². The molecule has 1 atom stereocenters. The maximum atomic E-state index is 12.8.